The second-order valence-electron chi connectivity index (χ2n) is 6.22. The molecule has 0 fully saturated rings. The Kier molecular flexibility index (Phi) is 7.24. The molecule has 0 aliphatic carbocycles. The van der Waals surface area contributed by atoms with Crippen molar-refractivity contribution >= 4 is 22.3 Å². The van der Waals surface area contributed by atoms with Gasteiger partial charge in [0.2, 0.25) is 0 Å². The minimum absolute atomic E-state index is 0.114. The van der Waals surface area contributed by atoms with E-state index in [1.165, 1.54) is 5.56 Å². The molecular weight excluding hydrogens is 358 g/mol. The quantitative estimate of drug-likeness (QED) is 0.335. The van der Waals surface area contributed by atoms with Crippen LogP contribution in [0.15, 0.2) is 53.1 Å². The van der Waals surface area contributed by atoms with Crippen molar-refractivity contribution in [3.05, 3.63) is 59.4 Å². The second-order valence-corrected chi connectivity index (χ2v) is 7.10. The zero-order valence-electron chi connectivity index (χ0n) is 15.9. The van der Waals surface area contributed by atoms with Gasteiger partial charge in [0.25, 0.3) is 0 Å². The first kappa shape index (κ1) is 19.4. The van der Waals surface area contributed by atoms with Crippen molar-refractivity contribution < 1.29 is 4.74 Å². The van der Waals surface area contributed by atoms with Crippen LogP contribution in [0.1, 0.15) is 37.6 Å². The maximum Gasteiger partial charge on any atom is 0.193 e. The number of fused-ring (bicyclic) bond motifs is 1. The topological polar surface area (TPSA) is 63.0 Å². The number of guanidine groups is 1. The Morgan fingerprint density at radius 1 is 1.30 bits per heavy atom. The summed E-state index contributed by atoms with van der Waals surface area (Å²) in [7, 11) is 0. The number of rotatable bonds is 9. The first-order valence-electron chi connectivity index (χ1n) is 9.36. The number of aromatic nitrogens is 2. The number of benzene rings is 1. The Bertz CT molecular complexity index is 814. The molecule has 2 aromatic heterocycles. The third-order valence-electron chi connectivity index (χ3n) is 4.14. The van der Waals surface area contributed by atoms with Crippen LogP contribution in [0.3, 0.4) is 0 Å². The fourth-order valence-electron chi connectivity index (χ4n) is 2.71. The van der Waals surface area contributed by atoms with Crippen LogP contribution in [0.25, 0.3) is 4.96 Å². The highest BCUT2D eigenvalue weighted by molar-refractivity contribution is 7.15. The van der Waals surface area contributed by atoms with E-state index in [0.717, 1.165) is 36.1 Å². The monoisotopic (exact) mass is 385 g/mol. The maximum absolute atomic E-state index is 5.91. The molecule has 3 rings (SSSR count). The number of aliphatic imine (C=N–C) groups is 1. The van der Waals surface area contributed by atoms with Gasteiger partial charge in [0.15, 0.2) is 10.9 Å². The van der Waals surface area contributed by atoms with Gasteiger partial charge in [-0.1, -0.05) is 30.3 Å². The highest BCUT2D eigenvalue weighted by Gasteiger charge is 2.05. The summed E-state index contributed by atoms with van der Waals surface area (Å²) in [4.78, 5) is 10.2. The number of ether oxygens (including phenoxy) is 1. The molecule has 27 heavy (non-hydrogen) atoms. The normalized spacial score (nSPS) is 13.0. The number of imidazole rings is 1. The average Bonchev–Trinajstić information content (AvgIpc) is 3.28. The smallest absolute Gasteiger partial charge is 0.193 e. The van der Waals surface area contributed by atoms with E-state index < -0.39 is 0 Å². The largest absolute Gasteiger partial charge is 0.374 e. The molecule has 6 nitrogen and oxygen atoms in total. The first-order chi connectivity index (χ1) is 13.3. The highest BCUT2D eigenvalue weighted by atomic mass is 32.1. The van der Waals surface area contributed by atoms with Crippen LogP contribution in [0, 0.1) is 0 Å². The average molecular weight is 386 g/mol. The lowest BCUT2D eigenvalue weighted by molar-refractivity contribution is 0.0646. The van der Waals surface area contributed by atoms with Crippen LogP contribution in [0.5, 0.6) is 0 Å². The summed E-state index contributed by atoms with van der Waals surface area (Å²) in [6.07, 6.45) is 5.07. The second kappa shape index (κ2) is 10.1. The van der Waals surface area contributed by atoms with Gasteiger partial charge in [-0.25, -0.2) is 9.98 Å². The van der Waals surface area contributed by atoms with Crippen LogP contribution in [-0.2, 0) is 11.3 Å². The summed E-state index contributed by atoms with van der Waals surface area (Å²) in [6.45, 7) is 7.06. The maximum atomic E-state index is 5.91. The SMILES string of the molecule is CCNC(=NCc1cn2ccsc2n1)NCCCOC(C)c1ccccc1. The zero-order chi connectivity index (χ0) is 18.9. The van der Waals surface area contributed by atoms with Crippen LogP contribution < -0.4 is 10.6 Å². The Morgan fingerprint density at radius 3 is 2.93 bits per heavy atom. The molecule has 2 N–H and O–H groups in total. The molecule has 0 aliphatic rings. The van der Waals surface area contributed by atoms with Crippen LogP contribution in [0.4, 0.5) is 0 Å². The number of nitrogens with zero attached hydrogens (tertiary/aromatic N) is 3. The van der Waals surface area contributed by atoms with Crippen molar-refractivity contribution in [2.45, 2.75) is 32.9 Å². The van der Waals surface area contributed by atoms with E-state index in [1.807, 2.05) is 40.4 Å². The molecule has 1 atom stereocenters. The molecule has 0 saturated carbocycles. The molecule has 144 valence electrons. The van der Waals surface area contributed by atoms with Gasteiger partial charge in [-0.2, -0.15) is 0 Å². The molecule has 3 aromatic rings. The Morgan fingerprint density at radius 2 is 2.15 bits per heavy atom. The molecule has 7 heteroatoms. The van der Waals surface area contributed by atoms with E-state index in [2.05, 4.69) is 46.6 Å². The molecule has 0 saturated heterocycles. The molecular formula is C20H27N5OS. The summed E-state index contributed by atoms with van der Waals surface area (Å²) in [6, 6.07) is 10.3. The van der Waals surface area contributed by atoms with Crippen molar-refractivity contribution in [1.29, 1.82) is 0 Å². The van der Waals surface area contributed by atoms with E-state index >= 15 is 0 Å². The fraction of sp³-hybridized carbons (Fsp3) is 0.400. The minimum atomic E-state index is 0.114. The Labute approximate surface area is 164 Å². The van der Waals surface area contributed by atoms with Gasteiger partial charge in [0.05, 0.1) is 18.3 Å². The van der Waals surface area contributed by atoms with Crippen molar-refractivity contribution in [3.63, 3.8) is 0 Å². The molecule has 2 heterocycles. The van der Waals surface area contributed by atoms with Gasteiger partial charge in [0, 0.05) is 37.5 Å². The predicted octanol–water partition coefficient (Wildman–Crippen LogP) is 3.62. The Balaban J connectivity index is 1.40. The van der Waals surface area contributed by atoms with Gasteiger partial charge in [-0.05, 0) is 25.8 Å². The van der Waals surface area contributed by atoms with Gasteiger partial charge in [-0.15, -0.1) is 11.3 Å². The minimum Gasteiger partial charge on any atom is -0.374 e. The van der Waals surface area contributed by atoms with Gasteiger partial charge < -0.3 is 15.4 Å². The molecule has 0 radical (unpaired) electrons. The highest BCUT2D eigenvalue weighted by Crippen LogP contribution is 2.15. The van der Waals surface area contributed by atoms with E-state index in [9.17, 15) is 0 Å². The van der Waals surface area contributed by atoms with Crippen LogP contribution >= 0.6 is 11.3 Å². The molecule has 0 bridgehead atoms. The van der Waals surface area contributed by atoms with Crippen molar-refractivity contribution in [2.24, 2.45) is 4.99 Å². The number of nitrogens with one attached hydrogen (secondary N) is 2. The summed E-state index contributed by atoms with van der Waals surface area (Å²) in [5, 5.41) is 8.66. The molecule has 1 unspecified atom stereocenters. The van der Waals surface area contributed by atoms with Crippen LogP contribution in [0.2, 0.25) is 0 Å². The van der Waals surface area contributed by atoms with Gasteiger partial charge in [-0.3, -0.25) is 4.40 Å². The summed E-state index contributed by atoms with van der Waals surface area (Å²) >= 11 is 1.63. The zero-order valence-corrected chi connectivity index (χ0v) is 16.7. The van der Waals surface area contributed by atoms with Crippen molar-refractivity contribution in [2.75, 3.05) is 19.7 Å². The summed E-state index contributed by atoms with van der Waals surface area (Å²) in [5.41, 5.74) is 2.18. The van der Waals surface area contributed by atoms with Crippen LogP contribution in [-0.4, -0.2) is 35.0 Å². The van der Waals surface area contributed by atoms with Crippen molar-refractivity contribution in [3.8, 4) is 0 Å². The van der Waals surface area contributed by atoms with Gasteiger partial charge >= 0.3 is 0 Å². The molecule has 0 aliphatic heterocycles. The lowest BCUT2D eigenvalue weighted by Gasteiger charge is -2.14. The summed E-state index contributed by atoms with van der Waals surface area (Å²) in [5.74, 6) is 0.810. The van der Waals surface area contributed by atoms with Gasteiger partial charge in [0.1, 0.15) is 0 Å². The van der Waals surface area contributed by atoms with E-state index in [4.69, 9.17) is 4.74 Å². The standard InChI is InChI=1S/C20H27N5OS/c1-3-21-19(23-14-18-15-25-11-13-27-20(25)24-18)22-10-7-12-26-16(2)17-8-5-4-6-9-17/h4-6,8-9,11,13,15-16H,3,7,10,12,14H2,1-2H3,(H2,21,22,23). The molecule has 1 aromatic carbocycles. The van der Waals surface area contributed by atoms with E-state index in [-0.39, 0.29) is 6.10 Å². The molecule has 0 spiro atoms. The number of thiazole rings is 1. The molecule has 0 amide bonds. The number of hydrogen-bond acceptors (Lipinski definition) is 4. The first-order valence-corrected chi connectivity index (χ1v) is 10.2. The van der Waals surface area contributed by atoms with Crippen molar-refractivity contribution in [1.82, 2.24) is 20.0 Å². The lowest BCUT2D eigenvalue weighted by Crippen LogP contribution is -2.38. The summed E-state index contributed by atoms with van der Waals surface area (Å²) < 4.78 is 7.94. The van der Waals surface area contributed by atoms with E-state index in [1.54, 1.807) is 11.3 Å². The third-order valence-corrected chi connectivity index (χ3v) is 4.91. The Hall–Kier alpha value is -2.38. The predicted molar refractivity (Wildman–Crippen MR) is 111 cm³/mol. The lowest BCUT2D eigenvalue weighted by atomic mass is 10.1. The van der Waals surface area contributed by atoms with E-state index in [0.29, 0.717) is 13.2 Å². The number of hydrogen-bond donors (Lipinski definition) is 2. The fourth-order valence-corrected chi connectivity index (χ4v) is 3.43. The third kappa shape index (κ3) is 5.80.